The van der Waals surface area contributed by atoms with E-state index in [1.165, 1.54) is 6.20 Å². The van der Waals surface area contributed by atoms with Gasteiger partial charge in [-0.15, -0.1) is 0 Å². The first-order valence-corrected chi connectivity index (χ1v) is 6.95. The SMILES string of the molecule is Cc1ncc(S(=O)(=O)NCCc2ccn(C)n2)[nH]1. The standard InChI is InChI=1S/C10H15N5O2S/c1-8-11-7-10(13-8)18(16,17)12-5-3-9-4-6-15(2)14-9/h4,6-7,12H,3,5H2,1-2H3,(H,11,13). The summed E-state index contributed by atoms with van der Waals surface area (Å²) in [5.74, 6) is 0.570. The van der Waals surface area contributed by atoms with E-state index < -0.39 is 10.0 Å². The molecular formula is C10H15N5O2S. The molecule has 0 unspecified atom stereocenters. The van der Waals surface area contributed by atoms with Gasteiger partial charge < -0.3 is 4.98 Å². The van der Waals surface area contributed by atoms with Crippen LogP contribution in [0.25, 0.3) is 0 Å². The number of rotatable bonds is 5. The molecule has 0 fully saturated rings. The normalized spacial score (nSPS) is 11.9. The fourth-order valence-corrected chi connectivity index (χ4v) is 2.52. The lowest BCUT2D eigenvalue weighted by molar-refractivity contribution is 0.577. The van der Waals surface area contributed by atoms with E-state index in [-0.39, 0.29) is 5.03 Å². The van der Waals surface area contributed by atoms with E-state index in [2.05, 4.69) is 19.8 Å². The van der Waals surface area contributed by atoms with Crippen LogP contribution in [-0.2, 0) is 23.5 Å². The number of hydrogen-bond donors (Lipinski definition) is 2. The highest BCUT2D eigenvalue weighted by Crippen LogP contribution is 2.04. The zero-order valence-corrected chi connectivity index (χ0v) is 11.0. The number of aromatic amines is 1. The van der Waals surface area contributed by atoms with E-state index in [0.717, 1.165) is 5.69 Å². The minimum Gasteiger partial charge on any atom is -0.332 e. The van der Waals surface area contributed by atoms with Gasteiger partial charge in [0.25, 0.3) is 10.0 Å². The average molecular weight is 269 g/mol. The molecule has 0 bridgehead atoms. The maximum absolute atomic E-state index is 11.8. The fourth-order valence-electron chi connectivity index (χ4n) is 1.52. The third-order valence-electron chi connectivity index (χ3n) is 2.41. The summed E-state index contributed by atoms with van der Waals surface area (Å²) in [6, 6.07) is 1.86. The second-order valence-corrected chi connectivity index (χ2v) is 5.70. The first-order chi connectivity index (χ1) is 8.47. The number of nitrogens with one attached hydrogen (secondary N) is 2. The zero-order valence-electron chi connectivity index (χ0n) is 10.2. The number of aromatic nitrogens is 4. The van der Waals surface area contributed by atoms with Crippen LogP contribution in [0.4, 0.5) is 0 Å². The van der Waals surface area contributed by atoms with E-state index >= 15 is 0 Å². The van der Waals surface area contributed by atoms with Gasteiger partial charge in [-0.05, 0) is 13.0 Å². The second-order valence-electron chi connectivity index (χ2n) is 3.96. The van der Waals surface area contributed by atoms with Crippen molar-refractivity contribution in [2.24, 2.45) is 7.05 Å². The lowest BCUT2D eigenvalue weighted by atomic mass is 10.3. The molecule has 8 heteroatoms. The Kier molecular flexibility index (Phi) is 3.48. The minimum atomic E-state index is -3.51. The van der Waals surface area contributed by atoms with Crippen LogP contribution >= 0.6 is 0 Å². The van der Waals surface area contributed by atoms with Crippen LogP contribution in [0.2, 0.25) is 0 Å². The zero-order chi connectivity index (χ0) is 13.2. The predicted molar refractivity (Wildman–Crippen MR) is 65.4 cm³/mol. The minimum absolute atomic E-state index is 0.0843. The molecule has 0 amide bonds. The summed E-state index contributed by atoms with van der Waals surface area (Å²) in [4.78, 5) is 6.55. The van der Waals surface area contributed by atoms with E-state index in [0.29, 0.717) is 18.8 Å². The first-order valence-electron chi connectivity index (χ1n) is 5.47. The third-order valence-corrected chi connectivity index (χ3v) is 3.78. The van der Waals surface area contributed by atoms with Gasteiger partial charge in [-0.1, -0.05) is 0 Å². The molecule has 0 saturated heterocycles. The largest absolute Gasteiger partial charge is 0.332 e. The van der Waals surface area contributed by atoms with Crippen molar-refractivity contribution in [1.29, 1.82) is 0 Å². The summed E-state index contributed by atoms with van der Waals surface area (Å²) >= 11 is 0. The predicted octanol–water partition coefficient (Wildman–Crippen LogP) is -0.0274. The molecule has 0 radical (unpaired) electrons. The van der Waals surface area contributed by atoms with Gasteiger partial charge in [-0.3, -0.25) is 4.68 Å². The maximum Gasteiger partial charge on any atom is 0.257 e. The molecule has 0 aromatic carbocycles. The topological polar surface area (TPSA) is 92.7 Å². The van der Waals surface area contributed by atoms with Gasteiger partial charge in [-0.2, -0.15) is 5.10 Å². The fraction of sp³-hybridized carbons (Fsp3) is 0.400. The molecule has 2 aromatic heterocycles. The second kappa shape index (κ2) is 4.91. The van der Waals surface area contributed by atoms with Gasteiger partial charge in [0, 0.05) is 26.2 Å². The van der Waals surface area contributed by atoms with Crippen molar-refractivity contribution in [2.45, 2.75) is 18.4 Å². The number of hydrogen-bond acceptors (Lipinski definition) is 4. The van der Waals surface area contributed by atoms with Crippen molar-refractivity contribution in [3.63, 3.8) is 0 Å². The molecular weight excluding hydrogens is 254 g/mol. The third kappa shape index (κ3) is 2.96. The highest BCUT2D eigenvalue weighted by atomic mass is 32.2. The van der Waals surface area contributed by atoms with Crippen LogP contribution in [0, 0.1) is 6.92 Å². The molecule has 0 aliphatic rings. The van der Waals surface area contributed by atoms with Gasteiger partial charge in [0.05, 0.1) is 11.9 Å². The Morgan fingerprint density at radius 3 is 2.83 bits per heavy atom. The smallest absolute Gasteiger partial charge is 0.257 e. The van der Waals surface area contributed by atoms with E-state index in [4.69, 9.17) is 0 Å². The Morgan fingerprint density at radius 2 is 2.28 bits per heavy atom. The molecule has 2 rings (SSSR count). The van der Waals surface area contributed by atoms with Crippen LogP contribution in [0.15, 0.2) is 23.5 Å². The summed E-state index contributed by atoms with van der Waals surface area (Å²) in [5, 5.41) is 4.25. The van der Waals surface area contributed by atoms with Crippen molar-refractivity contribution in [3.8, 4) is 0 Å². The Hall–Kier alpha value is -1.67. The van der Waals surface area contributed by atoms with Gasteiger partial charge in [-0.25, -0.2) is 18.1 Å². The van der Waals surface area contributed by atoms with Crippen molar-refractivity contribution in [1.82, 2.24) is 24.5 Å². The molecule has 0 spiro atoms. The molecule has 2 heterocycles. The van der Waals surface area contributed by atoms with Gasteiger partial charge in [0.2, 0.25) is 0 Å². The molecule has 2 N–H and O–H groups in total. The average Bonchev–Trinajstić information content (AvgIpc) is 2.88. The quantitative estimate of drug-likeness (QED) is 0.797. The van der Waals surface area contributed by atoms with Crippen molar-refractivity contribution in [2.75, 3.05) is 6.54 Å². The Bertz CT molecular complexity index is 628. The van der Waals surface area contributed by atoms with Crippen molar-refractivity contribution < 1.29 is 8.42 Å². The van der Waals surface area contributed by atoms with Crippen LogP contribution in [0.1, 0.15) is 11.5 Å². The monoisotopic (exact) mass is 269 g/mol. The van der Waals surface area contributed by atoms with Crippen LogP contribution in [-0.4, -0.2) is 34.7 Å². The van der Waals surface area contributed by atoms with Crippen LogP contribution < -0.4 is 4.72 Å². The number of sulfonamides is 1. The van der Waals surface area contributed by atoms with E-state index in [9.17, 15) is 8.42 Å². The molecule has 0 atom stereocenters. The van der Waals surface area contributed by atoms with Gasteiger partial charge in [0.1, 0.15) is 5.82 Å². The Labute approximate surface area is 105 Å². The summed E-state index contributed by atoms with van der Waals surface area (Å²) in [6.45, 7) is 2.00. The first kappa shape index (κ1) is 12.8. The maximum atomic E-state index is 11.8. The number of nitrogens with zero attached hydrogens (tertiary/aromatic N) is 3. The van der Waals surface area contributed by atoms with Crippen LogP contribution in [0.5, 0.6) is 0 Å². The molecule has 7 nitrogen and oxygen atoms in total. The lowest BCUT2D eigenvalue weighted by Gasteiger charge is -2.03. The van der Waals surface area contributed by atoms with Gasteiger partial charge in [0.15, 0.2) is 5.03 Å². The molecule has 0 aliphatic heterocycles. The summed E-state index contributed by atoms with van der Waals surface area (Å²) in [5.41, 5.74) is 0.848. The molecule has 2 aromatic rings. The summed E-state index contributed by atoms with van der Waals surface area (Å²) in [7, 11) is -1.68. The van der Waals surface area contributed by atoms with Crippen molar-refractivity contribution in [3.05, 3.63) is 30.0 Å². The molecule has 0 saturated carbocycles. The van der Waals surface area contributed by atoms with E-state index in [1.807, 2.05) is 19.3 Å². The summed E-state index contributed by atoms with van der Waals surface area (Å²) in [6.07, 6.45) is 3.67. The molecule has 18 heavy (non-hydrogen) atoms. The number of aryl methyl sites for hydroxylation is 2. The van der Waals surface area contributed by atoms with Gasteiger partial charge >= 0.3 is 0 Å². The van der Waals surface area contributed by atoms with E-state index in [1.54, 1.807) is 11.6 Å². The van der Waals surface area contributed by atoms with Crippen molar-refractivity contribution >= 4 is 10.0 Å². The number of H-pyrrole nitrogens is 1. The number of imidazole rings is 1. The highest BCUT2D eigenvalue weighted by molar-refractivity contribution is 7.89. The Balaban J connectivity index is 1.93. The molecule has 98 valence electrons. The lowest BCUT2D eigenvalue weighted by Crippen LogP contribution is -2.26. The van der Waals surface area contributed by atoms with Crippen LogP contribution in [0.3, 0.4) is 0 Å². The summed E-state index contributed by atoms with van der Waals surface area (Å²) < 4.78 is 27.8. The Morgan fingerprint density at radius 1 is 1.50 bits per heavy atom. The highest BCUT2D eigenvalue weighted by Gasteiger charge is 2.15. The molecule has 0 aliphatic carbocycles.